The summed E-state index contributed by atoms with van der Waals surface area (Å²) < 4.78 is 0. The van der Waals surface area contributed by atoms with Crippen molar-refractivity contribution in [1.82, 2.24) is 24.8 Å². The maximum atomic E-state index is 12.9. The zero-order valence-corrected chi connectivity index (χ0v) is 14.7. The van der Waals surface area contributed by atoms with E-state index in [0.717, 1.165) is 5.69 Å². The number of rotatable bonds is 4. The first-order valence-electron chi connectivity index (χ1n) is 8.75. The van der Waals surface area contributed by atoms with Gasteiger partial charge < -0.3 is 15.1 Å². The van der Waals surface area contributed by atoms with E-state index in [0.29, 0.717) is 43.6 Å². The molecule has 27 heavy (non-hydrogen) atoms. The van der Waals surface area contributed by atoms with Gasteiger partial charge in [0.05, 0.1) is 0 Å². The van der Waals surface area contributed by atoms with Gasteiger partial charge in [-0.3, -0.25) is 4.79 Å². The molecule has 4 rings (SSSR count). The highest BCUT2D eigenvalue weighted by molar-refractivity contribution is 5.95. The van der Waals surface area contributed by atoms with Crippen molar-refractivity contribution in [2.45, 2.75) is 0 Å². The first-order valence-corrected chi connectivity index (χ1v) is 8.75. The standard InChI is InChI=1S/C19H19N7O/c27-17(25-10-12-26(13-11-25)19-22-8-3-9-23-19)15-4-1-5-16(14-15)24-18-20-6-2-7-21-18/h1-9,14H,10-13H2,(H,20,21,24). The van der Waals surface area contributed by atoms with Gasteiger partial charge in [0, 0.05) is 62.2 Å². The number of anilines is 3. The van der Waals surface area contributed by atoms with Gasteiger partial charge >= 0.3 is 0 Å². The molecular weight excluding hydrogens is 342 g/mol. The van der Waals surface area contributed by atoms with Crippen LogP contribution in [0, 0.1) is 0 Å². The highest BCUT2D eigenvalue weighted by Crippen LogP contribution is 2.17. The number of hydrogen-bond acceptors (Lipinski definition) is 7. The minimum atomic E-state index is 0.0151. The zero-order chi connectivity index (χ0) is 18.5. The van der Waals surface area contributed by atoms with Crippen LogP contribution in [-0.4, -0.2) is 56.9 Å². The summed E-state index contributed by atoms with van der Waals surface area (Å²) in [5, 5.41) is 3.11. The van der Waals surface area contributed by atoms with Crippen molar-refractivity contribution in [2.24, 2.45) is 0 Å². The first kappa shape index (κ1) is 16.9. The van der Waals surface area contributed by atoms with Crippen LogP contribution in [0.4, 0.5) is 17.6 Å². The van der Waals surface area contributed by atoms with Crippen LogP contribution < -0.4 is 10.2 Å². The van der Waals surface area contributed by atoms with E-state index >= 15 is 0 Å². The molecule has 0 unspecified atom stereocenters. The molecule has 1 aliphatic rings. The van der Waals surface area contributed by atoms with Gasteiger partial charge in [-0.15, -0.1) is 0 Å². The number of nitrogens with one attached hydrogen (secondary N) is 1. The molecule has 8 heteroatoms. The number of nitrogens with zero attached hydrogens (tertiary/aromatic N) is 6. The monoisotopic (exact) mass is 361 g/mol. The maximum absolute atomic E-state index is 12.9. The van der Waals surface area contributed by atoms with E-state index in [-0.39, 0.29) is 5.91 Å². The Morgan fingerprint density at radius 3 is 2.22 bits per heavy atom. The van der Waals surface area contributed by atoms with Gasteiger partial charge in [-0.2, -0.15) is 0 Å². The van der Waals surface area contributed by atoms with E-state index < -0.39 is 0 Å². The zero-order valence-electron chi connectivity index (χ0n) is 14.7. The summed E-state index contributed by atoms with van der Waals surface area (Å²) in [5.74, 6) is 1.22. The molecule has 136 valence electrons. The molecular formula is C19H19N7O. The van der Waals surface area contributed by atoms with Crippen LogP contribution in [0.3, 0.4) is 0 Å². The summed E-state index contributed by atoms with van der Waals surface area (Å²) >= 11 is 0. The topological polar surface area (TPSA) is 87.1 Å². The second kappa shape index (κ2) is 7.77. The highest BCUT2D eigenvalue weighted by Gasteiger charge is 2.23. The number of carbonyl (C=O) groups is 1. The second-order valence-corrected chi connectivity index (χ2v) is 6.11. The fraction of sp³-hybridized carbons (Fsp3) is 0.211. The summed E-state index contributed by atoms with van der Waals surface area (Å²) in [5.41, 5.74) is 1.42. The Kier molecular flexibility index (Phi) is 4.86. The Hall–Kier alpha value is -3.55. The van der Waals surface area contributed by atoms with E-state index in [2.05, 4.69) is 30.2 Å². The van der Waals surface area contributed by atoms with Crippen LogP contribution in [0.5, 0.6) is 0 Å². The number of aromatic nitrogens is 4. The molecule has 1 amide bonds. The molecule has 0 aliphatic carbocycles. The third-order valence-corrected chi connectivity index (χ3v) is 4.33. The Bertz CT molecular complexity index is 896. The normalized spacial score (nSPS) is 14.1. The van der Waals surface area contributed by atoms with Crippen molar-refractivity contribution in [3.8, 4) is 0 Å². The summed E-state index contributed by atoms with van der Waals surface area (Å²) in [6.07, 6.45) is 6.80. The number of carbonyl (C=O) groups excluding carboxylic acids is 1. The lowest BCUT2D eigenvalue weighted by atomic mass is 10.1. The van der Waals surface area contributed by atoms with Crippen molar-refractivity contribution >= 4 is 23.5 Å². The van der Waals surface area contributed by atoms with Crippen molar-refractivity contribution in [3.63, 3.8) is 0 Å². The van der Waals surface area contributed by atoms with Crippen molar-refractivity contribution in [3.05, 3.63) is 66.7 Å². The summed E-state index contributed by atoms with van der Waals surface area (Å²) in [6.45, 7) is 2.70. The minimum absolute atomic E-state index is 0.0151. The Morgan fingerprint density at radius 1 is 0.852 bits per heavy atom. The van der Waals surface area contributed by atoms with Gasteiger partial charge in [0.2, 0.25) is 11.9 Å². The van der Waals surface area contributed by atoms with Gasteiger partial charge in [-0.05, 0) is 30.3 Å². The molecule has 1 saturated heterocycles. The summed E-state index contributed by atoms with van der Waals surface area (Å²) in [7, 11) is 0. The molecule has 1 N–H and O–H groups in total. The van der Waals surface area contributed by atoms with Gasteiger partial charge in [0.25, 0.3) is 5.91 Å². The lowest BCUT2D eigenvalue weighted by Crippen LogP contribution is -2.49. The second-order valence-electron chi connectivity index (χ2n) is 6.11. The van der Waals surface area contributed by atoms with Crippen molar-refractivity contribution in [2.75, 3.05) is 36.4 Å². The molecule has 1 aliphatic heterocycles. The van der Waals surface area contributed by atoms with Crippen LogP contribution in [0.25, 0.3) is 0 Å². The third kappa shape index (κ3) is 4.00. The van der Waals surface area contributed by atoms with E-state index in [1.165, 1.54) is 0 Å². The number of piperazine rings is 1. The average Bonchev–Trinajstić information content (AvgIpc) is 2.75. The van der Waals surface area contributed by atoms with Crippen LogP contribution in [-0.2, 0) is 0 Å². The highest BCUT2D eigenvalue weighted by atomic mass is 16.2. The molecule has 3 aromatic rings. The first-order chi connectivity index (χ1) is 13.3. The van der Waals surface area contributed by atoms with Crippen LogP contribution in [0.2, 0.25) is 0 Å². The van der Waals surface area contributed by atoms with Crippen molar-refractivity contribution < 1.29 is 4.79 Å². The number of amides is 1. The third-order valence-electron chi connectivity index (χ3n) is 4.33. The molecule has 1 aromatic carbocycles. The lowest BCUT2D eigenvalue weighted by molar-refractivity contribution is 0.0746. The van der Waals surface area contributed by atoms with Crippen LogP contribution in [0.15, 0.2) is 61.2 Å². The largest absolute Gasteiger partial charge is 0.337 e. The molecule has 1 fully saturated rings. The molecule has 0 bridgehead atoms. The summed E-state index contributed by atoms with van der Waals surface area (Å²) in [4.78, 5) is 33.6. The van der Waals surface area contributed by atoms with Crippen LogP contribution in [0.1, 0.15) is 10.4 Å². The van der Waals surface area contributed by atoms with Crippen molar-refractivity contribution in [1.29, 1.82) is 0 Å². The van der Waals surface area contributed by atoms with Gasteiger partial charge in [-0.1, -0.05) is 6.07 Å². The summed E-state index contributed by atoms with van der Waals surface area (Å²) in [6, 6.07) is 10.9. The minimum Gasteiger partial charge on any atom is -0.337 e. The lowest BCUT2D eigenvalue weighted by Gasteiger charge is -2.34. The number of hydrogen-bond donors (Lipinski definition) is 1. The molecule has 8 nitrogen and oxygen atoms in total. The maximum Gasteiger partial charge on any atom is 0.254 e. The van der Waals surface area contributed by atoms with Gasteiger partial charge in [-0.25, -0.2) is 19.9 Å². The van der Waals surface area contributed by atoms with E-state index in [1.807, 2.05) is 29.2 Å². The van der Waals surface area contributed by atoms with E-state index in [9.17, 15) is 4.79 Å². The predicted octanol–water partition coefficient (Wildman–Crippen LogP) is 1.97. The fourth-order valence-corrected chi connectivity index (χ4v) is 2.97. The quantitative estimate of drug-likeness (QED) is 0.760. The smallest absolute Gasteiger partial charge is 0.254 e. The predicted molar refractivity (Wildman–Crippen MR) is 102 cm³/mol. The molecule has 2 aromatic heterocycles. The van der Waals surface area contributed by atoms with E-state index in [4.69, 9.17) is 0 Å². The fourth-order valence-electron chi connectivity index (χ4n) is 2.97. The molecule has 0 spiro atoms. The SMILES string of the molecule is O=C(c1cccc(Nc2ncccn2)c1)N1CCN(c2ncccn2)CC1. The average molecular weight is 361 g/mol. The Morgan fingerprint density at radius 2 is 1.52 bits per heavy atom. The molecule has 0 atom stereocenters. The Labute approximate surface area is 156 Å². The van der Waals surface area contributed by atoms with Gasteiger partial charge in [0.15, 0.2) is 0 Å². The molecule has 3 heterocycles. The van der Waals surface area contributed by atoms with Gasteiger partial charge in [0.1, 0.15) is 0 Å². The molecule has 0 radical (unpaired) electrons. The van der Waals surface area contributed by atoms with Crippen LogP contribution >= 0.6 is 0 Å². The molecule has 0 saturated carbocycles. The Balaban J connectivity index is 1.41. The number of benzene rings is 1. The van der Waals surface area contributed by atoms with E-state index in [1.54, 1.807) is 36.9 Å².